The molecule has 3 heteroatoms. The van der Waals surface area contributed by atoms with Crippen LogP contribution < -0.4 is 4.65 Å². The lowest BCUT2D eigenvalue weighted by Crippen LogP contribution is -2.10. The first-order valence-corrected chi connectivity index (χ1v) is 5.67. The molecule has 1 radical (unpaired) electrons. The quantitative estimate of drug-likeness (QED) is 0.799. The van der Waals surface area contributed by atoms with Crippen molar-refractivity contribution in [1.82, 2.24) is 0 Å². The highest BCUT2D eigenvalue weighted by Gasteiger charge is 2.13. The van der Waals surface area contributed by atoms with Crippen LogP contribution in [0.1, 0.15) is 26.3 Å². The van der Waals surface area contributed by atoms with Crippen molar-refractivity contribution in [2.45, 2.75) is 26.2 Å². The monoisotopic (exact) mass is 227 g/mol. The van der Waals surface area contributed by atoms with Crippen molar-refractivity contribution in [3.63, 3.8) is 0 Å². The molecule has 0 aliphatic heterocycles. The Morgan fingerprint density at radius 3 is 2.29 bits per heavy atom. The second-order valence-electron chi connectivity index (χ2n) is 5.20. The van der Waals surface area contributed by atoms with Gasteiger partial charge in [0, 0.05) is 0 Å². The molecular formula is C14H16BO2. The van der Waals surface area contributed by atoms with Crippen LogP contribution in [-0.2, 0) is 5.41 Å². The first-order valence-electron chi connectivity index (χ1n) is 5.67. The van der Waals surface area contributed by atoms with Gasteiger partial charge in [0.15, 0.2) is 0 Å². The van der Waals surface area contributed by atoms with Gasteiger partial charge in [0.1, 0.15) is 5.75 Å². The summed E-state index contributed by atoms with van der Waals surface area (Å²) >= 11 is 0. The summed E-state index contributed by atoms with van der Waals surface area (Å²) in [5.74, 6) is 0.642. The van der Waals surface area contributed by atoms with Crippen molar-refractivity contribution in [2.24, 2.45) is 0 Å². The third-order valence-corrected chi connectivity index (χ3v) is 2.87. The van der Waals surface area contributed by atoms with Gasteiger partial charge in [-0.3, -0.25) is 0 Å². The Labute approximate surface area is 103 Å². The largest absolute Gasteiger partial charge is 0.569 e. The lowest BCUT2D eigenvalue weighted by atomic mass is 9.86. The Morgan fingerprint density at radius 1 is 1.00 bits per heavy atom. The molecule has 0 atom stereocenters. The van der Waals surface area contributed by atoms with E-state index in [1.807, 2.05) is 18.2 Å². The molecule has 87 valence electrons. The average molecular weight is 227 g/mol. The molecule has 0 amide bonds. The molecule has 0 fully saturated rings. The van der Waals surface area contributed by atoms with Crippen LogP contribution in [0.25, 0.3) is 10.8 Å². The molecule has 17 heavy (non-hydrogen) atoms. The van der Waals surface area contributed by atoms with Crippen molar-refractivity contribution in [3.8, 4) is 5.75 Å². The molecule has 0 saturated carbocycles. The highest BCUT2D eigenvalue weighted by Crippen LogP contribution is 2.27. The summed E-state index contributed by atoms with van der Waals surface area (Å²) in [7, 11) is 0.699. The molecule has 1 N–H and O–H groups in total. The predicted octanol–water partition coefficient (Wildman–Crippen LogP) is 3.04. The van der Waals surface area contributed by atoms with E-state index in [1.165, 1.54) is 10.9 Å². The molecule has 0 heterocycles. The predicted molar refractivity (Wildman–Crippen MR) is 71.2 cm³/mol. The van der Waals surface area contributed by atoms with E-state index in [-0.39, 0.29) is 5.41 Å². The number of rotatable bonds is 2. The molecule has 0 aromatic heterocycles. The minimum atomic E-state index is 0.155. The summed E-state index contributed by atoms with van der Waals surface area (Å²) < 4.78 is 4.94. The maximum Gasteiger partial charge on any atom is 0.569 e. The lowest BCUT2D eigenvalue weighted by molar-refractivity contribution is 0.454. The highest BCUT2D eigenvalue weighted by atomic mass is 16.5. The van der Waals surface area contributed by atoms with Crippen LogP contribution in [0, 0.1) is 0 Å². The molecule has 0 bridgehead atoms. The van der Waals surface area contributed by atoms with Gasteiger partial charge in [0.05, 0.1) is 0 Å². The number of hydrogen-bond acceptors (Lipinski definition) is 2. The van der Waals surface area contributed by atoms with Gasteiger partial charge in [0.25, 0.3) is 0 Å². The van der Waals surface area contributed by atoms with Gasteiger partial charge in [-0.15, -0.1) is 0 Å². The second-order valence-corrected chi connectivity index (χ2v) is 5.20. The Kier molecular flexibility index (Phi) is 3.12. The topological polar surface area (TPSA) is 29.5 Å². The first kappa shape index (κ1) is 12.0. The molecule has 2 nitrogen and oxygen atoms in total. The van der Waals surface area contributed by atoms with Crippen molar-refractivity contribution in [1.29, 1.82) is 0 Å². The van der Waals surface area contributed by atoms with Gasteiger partial charge in [0.2, 0.25) is 0 Å². The normalized spacial score (nSPS) is 11.5. The van der Waals surface area contributed by atoms with E-state index in [1.54, 1.807) is 0 Å². The van der Waals surface area contributed by atoms with Crippen LogP contribution in [0.2, 0.25) is 0 Å². The van der Waals surface area contributed by atoms with Crippen LogP contribution in [0.4, 0.5) is 0 Å². The smallest absolute Gasteiger partial charge is 0.537 e. The first-order chi connectivity index (χ1) is 8.00. The van der Waals surface area contributed by atoms with Crippen LogP contribution in [-0.4, -0.2) is 12.7 Å². The van der Waals surface area contributed by atoms with E-state index in [2.05, 4.69) is 39.0 Å². The van der Waals surface area contributed by atoms with Crippen molar-refractivity contribution in [3.05, 3.63) is 42.0 Å². The molecule has 2 aromatic carbocycles. The minimum absolute atomic E-state index is 0.155. The van der Waals surface area contributed by atoms with E-state index in [0.717, 1.165) is 5.39 Å². The molecule has 0 unspecified atom stereocenters. The summed E-state index contributed by atoms with van der Waals surface area (Å²) in [5, 5.41) is 10.9. The van der Waals surface area contributed by atoms with Crippen molar-refractivity contribution >= 4 is 18.5 Å². The summed E-state index contributed by atoms with van der Waals surface area (Å²) in [6.45, 7) is 6.60. The Hall–Kier alpha value is -1.48. The molecular weight excluding hydrogens is 211 g/mol. The van der Waals surface area contributed by atoms with Gasteiger partial charge < -0.3 is 9.68 Å². The van der Waals surface area contributed by atoms with Gasteiger partial charge in [-0.2, -0.15) is 0 Å². The third-order valence-electron chi connectivity index (χ3n) is 2.87. The lowest BCUT2D eigenvalue weighted by Gasteiger charge is -2.19. The van der Waals surface area contributed by atoms with E-state index in [4.69, 9.17) is 9.68 Å². The number of benzene rings is 2. The van der Waals surface area contributed by atoms with Gasteiger partial charge in [-0.1, -0.05) is 45.0 Å². The highest BCUT2D eigenvalue weighted by molar-refractivity contribution is 6.17. The van der Waals surface area contributed by atoms with E-state index < -0.39 is 0 Å². The fraction of sp³-hybridized carbons (Fsp3) is 0.286. The molecule has 2 rings (SSSR count). The molecule has 0 aliphatic carbocycles. The summed E-state index contributed by atoms with van der Waals surface area (Å²) in [6, 6.07) is 12.2. The summed E-state index contributed by atoms with van der Waals surface area (Å²) in [6.07, 6.45) is 0. The van der Waals surface area contributed by atoms with Crippen LogP contribution in [0.3, 0.4) is 0 Å². The molecule has 0 aliphatic rings. The third kappa shape index (κ3) is 2.61. The number of hydrogen-bond donors (Lipinski definition) is 1. The zero-order valence-corrected chi connectivity index (χ0v) is 10.4. The fourth-order valence-corrected chi connectivity index (χ4v) is 1.82. The Bertz CT molecular complexity index is 529. The molecule has 0 spiro atoms. The van der Waals surface area contributed by atoms with E-state index in [0.29, 0.717) is 13.4 Å². The SMILES string of the molecule is CC(C)(C)c1ccc2cc(O[B]O)ccc2c1. The standard InChI is InChI=1S/C14H16BO2/c1-14(2,3)12-6-4-11-9-13(17-15-16)7-5-10(11)8-12/h4-9,16H,1-3H3. The fourth-order valence-electron chi connectivity index (χ4n) is 1.82. The van der Waals surface area contributed by atoms with Gasteiger partial charge in [-0.05, 0) is 33.9 Å². The molecule has 0 saturated heterocycles. The zero-order valence-electron chi connectivity index (χ0n) is 10.4. The molecule has 2 aromatic rings. The van der Waals surface area contributed by atoms with Crippen LogP contribution in [0.5, 0.6) is 5.75 Å². The zero-order chi connectivity index (χ0) is 12.5. The van der Waals surface area contributed by atoms with Crippen molar-refractivity contribution < 1.29 is 9.68 Å². The average Bonchev–Trinajstić information content (AvgIpc) is 2.27. The van der Waals surface area contributed by atoms with E-state index in [9.17, 15) is 0 Å². The summed E-state index contributed by atoms with van der Waals surface area (Å²) in [4.78, 5) is 0. The van der Waals surface area contributed by atoms with Crippen molar-refractivity contribution in [2.75, 3.05) is 0 Å². The number of fused-ring (bicyclic) bond motifs is 1. The maximum atomic E-state index is 8.60. The van der Waals surface area contributed by atoms with Crippen LogP contribution >= 0.6 is 0 Å². The Morgan fingerprint density at radius 2 is 1.65 bits per heavy atom. The van der Waals surface area contributed by atoms with E-state index >= 15 is 0 Å². The Balaban J connectivity index is 2.47. The van der Waals surface area contributed by atoms with Gasteiger partial charge in [-0.25, -0.2) is 0 Å². The minimum Gasteiger partial charge on any atom is -0.537 e. The van der Waals surface area contributed by atoms with Crippen LogP contribution in [0.15, 0.2) is 36.4 Å². The maximum absolute atomic E-state index is 8.60. The second kappa shape index (κ2) is 4.42. The van der Waals surface area contributed by atoms with Gasteiger partial charge >= 0.3 is 7.69 Å². The summed E-state index contributed by atoms with van der Waals surface area (Å²) in [5.41, 5.74) is 1.47.